The lowest BCUT2D eigenvalue weighted by molar-refractivity contribution is 0.529. The molecule has 1 fully saturated rings. The molecule has 1 aliphatic carbocycles. The van der Waals surface area contributed by atoms with E-state index in [1.807, 2.05) is 18.3 Å². The van der Waals surface area contributed by atoms with Gasteiger partial charge in [0.05, 0.1) is 11.6 Å². The standard InChI is InChI=1S/C25H27N3/c1-18(14-23-9-8-21(17-26)15-19(23)2)6-7-20-4-3-5-24(16-20)28-13-12-27-25(28)22-10-11-22/h3-5,8-9,12-13,15-16,18,22H,6-7,10-11,14H2,1-2H3. The maximum absolute atomic E-state index is 9.03. The molecule has 0 saturated heterocycles. The van der Waals surface area contributed by atoms with Gasteiger partial charge in [-0.05, 0) is 85.9 Å². The van der Waals surface area contributed by atoms with Gasteiger partial charge in [0, 0.05) is 24.0 Å². The van der Waals surface area contributed by atoms with E-state index in [4.69, 9.17) is 5.26 Å². The third-order valence-electron chi connectivity index (χ3n) is 5.77. The number of nitriles is 1. The molecule has 1 saturated carbocycles. The van der Waals surface area contributed by atoms with Crippen molar-refractivity contribution in [1.29, 1.82) is 5.26 Å². The summed E-state index contributed by atoms with van der Waals surface area (Å²) in [5, 5.41) is 9.03. The molecule has 0 radical (unpaired) electrons. The molecule has 3 nitrogen and oxygen atoms in total. The second kappa shape index (κ2) is 8.02. The highest BCUT2D eigenvalue weighted by Crippen LogP contribution is 2.39. The fraction of sp³-hybridized carbons (Fsp3) is 0.360. The van der Waals surface area contributed by atoms with Crippen LogP contribution < -0.4 is 0 Å². The van der Waals surface area contributed by atoms with Crippen LogP contribution in [0.25, 0.3) is 5.69 Å². The van der Waals surface area contributed by atoms with Crippen LogP contribution in [-0.4, -0.2) is 9.55 Å². The van der Waals surface area contributed by atoms with E-state index in [2.05, 4.69) is 66.0 Å². The fourth-order valence-electron chi connectivity index (χ4n) is 3.92. The first kappa shape index (κ1) is 18.5. The predicted molar refractivity (Wildman–Crippen MR) is 113 cm³/mol. The first-order valence-corrected chi connectivity index (χ1v) is 10.3. The van der Waals surface area contributed by atoms with Gasteiger partial charge in [-0.2, -0.15) is 5.26 Å². The number of rotatable bonds is 7. The van der Waals surface area contributed by atoms with E-state index in [0.29, 0.717) is 11.8 Å². The Bertz CT molecular complexity index is 1000. The molecule has 142 valence electrons. The molecule has 0 spiro atoms. The van der Waals surface area contributed by atoms with E-state index in [1.165, 1.54) is 41.0 Å². The Morgan fingerprint density at radius 3 is 2.82 bits per heavy atom. The number of nitrogens with zero attached hydrogens (tertiary/aromatic N) is 3. The summed E-state index contributed by atoms with van der Waals surface area (Å²) in [4.78, 5) is 4.57. The summed E-state index contributed by atoms with van der Waals surface area (Å²) < 4.78 is 2.25. The van der Waals surface area contributed by atoms with Crippen molar-refractivity contribution in [2.75, 3.05) is 0 Å². The molecule has 3 aromatic rings. The van der Waals surface area contributed by atoms with Crippen LogP contribution in [0.1, 0.15) is 60.2 Å². The van der Waals surface area contributed by atoms with Gasteiger partial charge < -0.3 is 4.57 Å². The summed E-state index contributed by atoms with van der Waals surface area (Å²) in [6.07, 6.45) is 9.84. The normalized spacial score (nSPS) is 14.6. The highest BCUT2D eigenvalue weighted by atomic mass is 15.1. The zero-order valence-electron chi connectivity index (χ0n) is 16.7. The molecule has 28 heavy (non-hydrogen) atoms. The molecule has 0 N–H and O–H groups in total. The van der Waals surface area contributed by atoms with Crippen LogP contribution in [0, 0.1) is 24.2 Å². The summed E-state index contributed by atoms with van der Waals surface area (Å²) in [6, 6.07) is 17.2. The van der Waals surface area contributed by atoms with Crippen molar-refractivity contribution in [3.8, 4) is 11.8 Å². The summed E-state index contributed by atoms with van der Waals surface area (Å²) in [7, 11) is 0. The van der Waals surface area contributed by atoms with E-state index >= 15 is 0 Å². The van der Waals surface area contributed by atoms with Crippen molar-refractivity contribution < 1.29 is 0 Å². The third-order valence-corrected chi connectivity index (χ3v) is 5.77. The smallest absolute Gasteiger partial charge is 0.116 e. The van der Waals surface area contributed by atoms with Crippen LogP contribution in [0.3, 0.4) is 0 Å². The summed E-state index contributed by atoms with van der Waals surface area (Å²) >= 11 is 0. The number of hydrogen-bond acceptors (Lipinski definition) is 2. The molecule has 1 heterocycles. The van der Waals surface area contributed by atoms with Gasteiger partial charge in [-0.3, -0.25) is 0 Å². The van der Waals surface area contributed by atoms with Crippen molar-refractivity contribution >= 4 is 0 Å². The minimum atomic E-state index is 0.602. The highest BCUT2D eigenvalue weighted by Gasteiger charge is 2.28. The average molecular weight is 370 g/mol. The van der Waals surface area contributed by atoms with Crippen molar-refractivity contribution in [3.05, 3.63) is 82.9 Å². The number of imidazole rings is 1. The molecule has 0 bridgehead atoms. The third kappa shape index (κ3) is 4.17. The summed E-state index contributed by atoms with van der Waals surface area (Å²) in [5.41, 5.74) is 5.94. The maximum Gasteiger partial charge on any atom is 0.116 e. The van der Waals surface area contributed by atoms with E-state index in [-0.39, 0.29) is 0 Å². The minimum absolute atomic E-state index is 0.602. The molecule has 4 rings (SSSR count). The van der Waals surface area contributed by atoms with Crippen molar-refractivity contribution in [1.82, 2.24) is 9.55 Å². The van der Waals surface area contributed by atoms with Crippen molar-refractivity contribution in [2.45, 2.75) is 51.9 Å². The van der Waals surface area contributed by atoms with Gasteiger partial charge in [0.15, 0.2) is 0 Å². The second-order valence-electron chi connectivity index (χ2n) is 8.20. The van der Waals surface area contributed by atoms with Gasteiger partial charge in [-0.15, -0.1) is 0 Å². The molecule has 1 aromatic heterocycles. The average Bonchev–Trinajstić information content (AvgIpc) is 3.44. The predicted octanol–water partition coefficient (Wildman–Crippen LogP) is 5.74. The molecular weight excluding hydrogens is 342 g/mol. The lowest BCUT2D eigenvalue weighted by Crippen LogP contribution is -2.04. The van der Waals surface area contributed by atoms with Crippen LogP contribution in [0.2, 0.25) is 0 Å². The lowest BCUT2D eigenvalue weighted by Gasteiger charge is -2.14. The Hall–Kier alpha value is -2.86. The topological polar surface area (TPSA) is 41.6 Å². The van der Waals surface area contributed by atoms with Gasteiger partial charge in [0.25, 0.3) is 0 Å². The number of aryl methyl sites for hydroxylation is 2. The zero-order valence-corrected chi connectivity index (χ0v) is 16.7. The van der Waals surface area contributed by atoms with Gasteiger partial charge >= 0.3 is 0 Å². The number of hydrogen-bond donors (Lipinski definition) is 0. The van der Waals surface area contributed by atoms with Gasteiger partial charge in [-0.25, -0.2) is 4.98 Å². The molecule has 2 aromatic carbocycles. The molecular formula is C25H27N3. The van der Waals surface area contributed by atoms with Crippen LogP contribution in [0.4, 0.5) is 0 Å². The minimum Gasteiger partial charge on any atom is -0.304 e. The molecule has 0 aliphatic heterocycles. The SMILES string of the molecule is Cc1cc(C#N)ccc1CC(C)CCc1cccc(-n2ccnc2C2CC2)c1. The van der Waals surface area contributed by atoms with Gasteiger partial charge in [0.2, 0.25) is 0 Å². The Labute approximate surface area is 167 Å². The van der Waals surface area contributed by atoms with Gasteiger partial charge in [-0.1, -0.05) is 25.1 Å². The molecule has 1 unspecified atom stereocenters. The summed E-state index contributed by atoms with van der Waals surface area (Å²) in [6.45, 7) is 4.43. The largest absolute Gasteiger partial charge is 0.304 e. The van der Waals surface area contributed by atoms with E-state index < -0.39 is 0 Å². The number of aromatic nitrogens is 2. The lowest BCUT2D eigenvalue weighted by atomic mass is 9.92. The fourth-order valence-corrected chi connectivity index (χ4v) is 3.92. The summed E-state index contributed by atoms with van der Waals surface area (Å²) in [5.74, 6) is 2.46. The Morgan fingerprint density at radius 1 is 1.21 bits per heavy atom. The monoisotopic (exact) mass is 369 g/mol. The molecule has 1 atom stereocenters. The van der Waals surface area contributed by atoms with Crippen LogP contribution in [0.5, 0.6) is 0 Å². The second-order valence-corrected chi connectivity index (χ2v) is 8.20. The molecule has 3 heteroatoms. The van der Waals surface area contributed by atoms with Crippen LogP contribution in [0.15, 0.2) is 54.9 Å². The Morgan fingerprint density at radius 2 is 2.07 bits per heavy atom. The van der Waals surface area contributed by atoms with Crippen LogP contribution in [-0.2, 0) is 12.8 Å². The van der Waals surface area contributed by atoms with E-state index in [1.54, 1.807) is 0 Å². The molecule has 1 aliphatic rings. The first-order valence-electron chi connectivity index (χ1n) is 10.3. The van der Waals surface area contributed by atoms with E-state index in [0.717, 1.165) is 24.8 Å². The first-order chi connectivity index (χ1) is 13.6. The Kier molecular flexibility index (Phi) is 5.30. The van der Waals surface area contributed by atoms with Crippen LogP contribution >= 0.6 is 0 Å². The maximum atomic E-state index is 9.03. The van der Waals surface area contributed by atoms with E-state index in [9.17, 15) is 0 Å². The Balaban J connectivity index is 1.40. The number of benzene rings is 2. The van der Waals surface area contributed by atoms with Gasteiger partial charge in [0.1, 0.15) is 5.82 Å². The molecule has 0 amide bonds. The highest BCUT2D eigenvalue weighted by molar-refractivity contribution is 5.39. The quantitative estimate of drug-likeness (QED) is 0.533. The van der Waals surface area contributed by atoms with Crippen molar-refractivity contribution in [3.63, 3.8) is 0 Å². The zero-order chi connectivity index (χ0) is 19.5. The van der Waals surface area contributed by atoms with Crippen molar-refractivity contribution in [2.24, 2.45) is 5.92 Å².